The average molecular weight is 467 g/mol. The summed E-state index contributed by atoms with van der Waals surface area (Å²) in [6.07, 6.45) is 9.86. The van der Waals surface area contributed by atoms with E-state index < -0.39 is 9.84 Å². The maximum absolute atomic E-state index is 13.0. The Labute approximate surface area is 190 Å². The molecule has 1 aliphatic rings. The number of aryl methyl sites for hydroxylation is 1. The zero-order chi connectivity index (χ0) is 22.1. The molecule has 1 aromatic carbocycles. The molecule has 0 aliphatic carbocycles. The van der Waals surface area contributed by atoms with E-state index in [9.17, 15) is 13.2 Å². The van der Waals surface area contributed by atoms with Crippen molar-refractivity contribution in [1.82, 2.24) is 14.4 Å². The maximum Gasteiger partial charge on any atom is 0.217 e. The molecule has 4 aromatic rings. The predicted molar refractivity (Wildman–Crippen MR) is 123 cm³/mol. The molecule has 1 fully saturated rings. The van der Waals surface area contributed by atoms with E-state index in [0.717, 1.165) is 42.3 Å². The second kappa shape index (κ2) is 8.48. The van der Waals surface area contributed by atoms with Crippen molar-refractivity contribution in [3.8, 4) is 0 Å². The number of sulfone groups is 1. The van der Waals surface area contributed by atoms with Crippen LogP contribution in [0.1, 0.15) is 35.2 Å². The van der Waals surface area contributed by atoms with Gasteiger partial charge < -0.3 is 9.30 Å². The second-order valence-corrected chi connectivity index (χ2v) is 11.0. The molecule has 0 saturated carbocycles. The highest BCUT2D eigenvalue weighted by Crippen LogP contribution is 2.32. The molecule has 0 N–H and O–H groups in total. The van der Waals surface area contributed by atoms with Crippen molar-refractivity contribution in [1.29, 1.82) is 0 Å². The molecule has 0 spiro atoms. The number of hydrogen-bond acceptors (Lipinski definition) is 7. The lowest BCUT2D eigenvalue weighted by atomic mass is 10.0. The lowest BCUT2D eigenvalue weighted by Crippen LogP contribution is -2.16. The van der Waals surface area contributed by atoms with Gasteiger partial charge >= 0.3 is 0 Å². The predicted octanol–water partition coefficient (Wildman–Crippen LogP) is 4.04. The number of thiazole rings is 1. The van der Waals surface area contributed by atoms with Gasteiger partial charge in [0.2, 0.25) is 9.84 Å². The standard InChI is InChI=1S/C23H22N4O3S2/c28-20(18-6-10-21-24-11-14-27(21)16-18)9-5-17-3-7-19(8-4-17)32(29,30)22-15-25-23(31-22)26-12-1-2-13-26/h3-4,6-8,10-11,14-16H,1-2,5,9,12-13H2. The summed E-state index contributed by atoms with van der Waals surface area (Å²) in [5.74, 6) is 0.0383. The van der Waals surface area contributed by atoms with Crippen LogP contribution in [0.25, 0.3) is 5.65 Å². The van der Waals surface area contributed by atoms with E-state index in [1.807, 2.05) is 16.7 Å². The van der Waals surface area contributed by atoms with Crippen LogP contribution in [0, 0.1) is 0 Å². The normalized spacial score (nSPS) is 14.3. The fourth-order valence-corrected chi connectivity index (χ4v) is 6.44. The third-order valence-corrected chi connectivity index (χ3v) is 8.99. The summed E-state index contributed by atoms with van der Waals surface area (Å²) in [5, 5.41) is 0.769. The van der Waals surface area contributed by atoms with Crippen LogP contribution in [0.2, 0.25) is 0 Å². The quantitative estimate of drug-likeness (QED) is 0.382. The summed E-state index contributed by atoms with van der Waals surface area (Å²) in [4.78, 5) is 23.4. The highest BCUT2D eigenvalue weighted by Gasteiger charge is 2.23. The molecule has 164 valence electrons. The number of benzene rings is 1. The van der Waals surface area contributed by atoms with E-state index in [-0.39, 0.29) is 14.9 Å². The number of imidazole rings is 1. The number of pyridine rings is 1. The van der Waals surface area contributed by atoms with Crippen molar-refractivity contribution in [3.63, 3.8) is 0 Å². The average Bonchev–Trinajstić information content (AvgIpc) is 3.58. The van der Waals surface area contributed by atoms with Crippen LogP contribution in [0.4, 0.5) is 5.13 Å². The molecule has 0 bridgehead atoms. The number of fused-ring (bicyclic) bond motifs is 1. The number of carbonyl (C=O) groups is 1. The first kappa shape index (κ1) is 20.8. The Bertz CT molecular complexity index is 1370. The summed E-state index contributed by atoms with van der Waals surface area (Å²) in [7, 11) is -3.60. The fraction of sp³-hybridized carbons (Fsp3) is 0.261. The lowest BCUT2D eigenvalue weighted by Gasteiger charge is -2.12. The van der Waals surface area contributed by atoms with Crippen molar-refractivity contribution in [2.45, 2.75) is 34.8 Å². The molecule has 0 amide bonds. The van der Waals surface area contributed by atoms with Gasteiger partial charge in [-0.1, -0.05) is 23.5 Å². The van der Waals surface area contributed by atoms with E-state index in [4.69, 9.17) is 0 Å². The van der Waals surface area contributed by atoms with Crippen molar-refractivity contribution in [2.24, 2.45) is 0 Å². The highest BCUT2D eigenvalue weighted by atomic mass is 32.2. The highest BCUT2D eigenvalue weighted by molar-refractivity contribution is 7.93. The zero-order valence-electron chi connectivity index (χ0n) is 17.3. The molecule has 1 saturated heterocycles. The molecule has 9 heteroatoms. The second-order valence-electron chi connectivity index (χ2n) is 7.84. The number of carbonyl (C=O) groups excluding carboxylic acids is 1. The van der Waals surface area contributed by atoms with Crippen LogP contribution in [-0.4, -0.2) is 41.7 Å². The van der Waals surface area contributed by atoms with Gasteiger partial charge in [0, 0.05) is 43.7 Å². The van der Waals surface area contributed by atoms with Crippen molar-refractivity contribution < 1.29 is 13.2 Å². The molecule has 0 atom stereocenters. The third kappa shape index (κ3) is 4.05. The molecule has 3 aromatic heterocycles. The minimum atomic E-state index is -3.60. The van der Waals surface area contributed by atoms with Gasteiger partial charge in [0.25, 0.3) is 0 Å². The van der Waals surface area contributed by atoms with E-state index in [2.05, 4.69) is 14.9 Å². The largest absolute Gasteiger partial charge is 0.348 e. The SMILES string of the molecule is O=C(CCc1ccc(S(=O)(=O)c2cnc(N3CCCC3)s2)cc1)c1ccc2nccn2c1. The van der Waals surface area contributed by atoms with Crippen LogP contribution in [-0.2, 0) is 16.3 Å². The molecule has 0 radical (unpaired) electrons. The number of ketones is 1. The molecule has 32 heavy (non-hydrogen) atoms. The van der Waals surface area contributed by atoms with E-state index in [1.165, 1.54) is 17.5 Å². The lowest BCUT2D eigenvalue weighted by molar-refractivity contribution is 0.0982. The molecular weight excluding hydrogens is 444 g/mol. The maximum atomic E-state index is 13.0. The first-order valence-corrected chi connectivity index (χ1v) is 12.8. The van der Waals surface area contributed by atoms with Gasteiger partial charge in [-0.05, 0) is 49.1 Å². The van der Waals surface area contributed by atoms with E-state index >= 15 is 0 Å². The van der Waals surface area contributed by atoms with Crippen molar-refractivity contribution in [3.05, 3.63) is 72.3 Å². The van der Waals surface area contributed by atoms with Gasteiger partial charge in [-0.15, -0.1) is 0 Å². The smallest absolute Gasteiger partial charge is 0.217 e. The van der Waals surface area contributed by atoms with Crippen LogP contribution in [0.3, 0.4) is 0 Å². The van der Waals surface area contributed by atoms with Gasteiger partial charge in [-0.2, -0.15) is 0 Å². The molecule has 7 nitrogen and oxygen atoms in total. The Morgan fingerprint density at radius 3 is 2.59 bits per heavy atom. The van der Waals surface area contributed by atoms with E-state index in [0.29, 0.717) is 18.4 Å². The summed E-state index contributed by atoms with van der Waals surface area (Å²) < 4.78 is 28.1. The number of rotatable bonds is 7. The molecule has 1 aliphatic heterocycles. The Balaban J connectivity index is 1.25. The molecule has 5 rings (SSSR count). The summed E-state index contributed by atoms with van der Waals surface area (Å²) in [6.45, 7) is 1.85. The van der Waals surface area contributed by atoms with Gasteiger partial charge in [0.15, 0.2) is 10.9 Å². The number of anilines is 1. The first-order valence-electron chi connectivity index (χ1n) is 10.5. The minimum absolute atomic E-state index is 0.0383. The minimum Gasteiger partial charge on any atom is -0.348 e. The number of aromatic nitrogens is 3. The van der Waals surface area contributed by atoms with Crippen molar-refractivity contribution in [2.75, 3.05) is 18.0 Å². The summed E-state index contributed by atoms with van der Waals surface area (Å²) in [6, 6.07) is 10.4. The third-order valence-electron chi connectivity index (χ3n) is 5.70. The number of nitrogens with zero attached hydrogens (tertiary/aromatic N) is 4. The topological polar surface area (TPSA) is 84.6 Å². The van der Waals surface area contributed by atoms with Crippen LogP contribution < -0.4 is 4.90 Å². The summed E-state index contributed by atoms with van der Waals surface area (Å²) in [5.41, 5.74) is 2.35. The monoisotopic (exact) mass is 466 g/mol. The Morgan fingerprint density at radius 2 is 1.81 bits per heavy atom. The fourth-order valence-electron chi connectivity index (χ4n) is 3.87. The van der Waals surface area contributed by atoms with Crippen LogP contribution >= 0.6 is 11.3 Å². The van der Waals surface area contributed by atoms with Gasteiger partial charge in [0.1, 0.15) is 9.86 Å². The summed E-state index contributed by atoms with van der Waals surface area (Å²) >= 11 is 1.23. The Kier molecular flexibility index (Phi) is 5.52. The Hall–Kier alpha value is -3.04. The number of Topliss-reactive ketones (excluding diaryl/α,β-unsaturated/α-hetero) is 1. The van der Waals surface area contributed by atoms with E-state index in [1.54, 1.807) is 42.7 Å². The van der Waals surface area contributed by atoms with Crippen LogP contribution in [0.15, 0.2) is 70.3 Å². The Morgan fingerprint density at radius 1 is 1.03 bits per heavy atom. The van der Waals surface area contributed by atoms with Gasteiger partial charge in [0.05, 0.1) is 11.1 Å². The van der Waals surface area contributed by atoms with Crippen LogP contribution in [0.5, 0.6) is 0 Å². The first-order chi connectivity index (χ1) is 15.5. The van der Waals surface area contributed by atoms with Gasteiger partial charge in [-0.3, -0.25) is 4.79 Å². The van der Waals surface area contributed by atoms with Gasteiger partial charge in [-0.25, -0.2) is 18.4 Å². The molecule has 0 unspecified atom stereocenters. The molecule has 4 heterocycles. The van der Waals surface area contributed by atoms with Crippen molar-refractivity contribution >= 4 is 37.7 Å². The number of hydrogen-bond donors (Lipinski definition) is 0. The molecular formula is C23H22N4O3S2. The zero-order valence-corrected chi connectivity index (χ0v) is 19.0.